The summed E-state index contributed by atoms with van der Waals surface area (Å²) in [7, 11) is 0. The van der Waals surface area contributed by atoms with Crippen LogP contribution in [0.15, 0.2) is 12.7 Å². The minimum atomic E-state index is -0.00889. The van der Waals surface area contributed by atoms with Crippen LogP contribution in [0.3, 0.4) is 0 Å². The summed E-state index contributed by atoms with van der Waals surface area (Å²) in [6, 6.07) is 0. The Morgan fingerprint density at radius 2 is 2.33 bits per heavy atom. The molecule has 0 atom stereocenters. The number of carbonyl (C=O) groups excluding carboxylic acids is 1. The zero-order valence-corrected chi connectivity index (χ0v) is 9.45. The van der Waals surface area contributed by atoms with Gasteiger partial charge in [-0.2, -0.15) is 0 Å². The highest BCUT2D eigenvalue weighted by molar-refractivity contribution is 5.76. The molecule has 0 aliphatic heterocycles. The highest BCUT2D eigenvalue weighted by Crippen LogP contribution is 1.98. The Kier molecular flexibility index (Phi) is 9.11. The van der Waals surface area contributed by atoms with Crippen LogP contribution in [-0.4, -0.2) is 48.8 Å². The molecule has 0 unspecified atom stereocenters. The van der Waals surface area contributed by atoms with Crippen LogP contribution in [0, 0.1) is 0 Å². The summed E-state index contributed by atoms with van der Waals surface area (Å²) in [5.74, 6) is 0.0450. The lowest BCUT2D eigenvalue weighted by Gasteiger charge is -2.19. The summed E-state index contributed by atoms with van der Waals surface area (Å²) in [5.41, 5.74) is 0. The number of nitrogens with zero attached hydrogens (tertiary/aromatic N) is 1. The highest BCUT2D eigenvalue weighted by Gasteiger charge is 2.10. The van der Waals surface area contributed by atoms with Gasteiger partial charge in [0.15, 0.2) is 0 Å². The molecule has 1 N–H and O–H groups in total. The number of aliphatic hydroxyl groups is 1. The Balaban J connectivity index is 3.75. The maximum Gasteiger partial charge on any atom is 0.223 e. The van der Waals surface area contributed by atoms with Gasteiger partial charge in [0, 0.05) is 32.7 Å². The monoisotopic (exact) mass is 215 g/mol. The number of rotatable bonds is 9. The normalized spacial score (nSPS) is 10.0. The third-order valence-corrected chi connectivity index (χ3v) is 1.96. The maximum atomic E-state index is 11.6. The van der Waals surface area contributed by atoms with Crippen molar-refractivity contribution in [3.05, 3.63) is 12.7 Å². The van der Waals surface area contributed by atoms with Gasteiger partial charge in [-0.05, 0) is 13.3 Å². The van der Waals surface area contributed by atoms with Gasteiger partial charge in [0.2, 0.25) is 5.91 Å². The molecule has 0 fully saturated rings. The molecule has 0 aromatic rings. The number of carbonyl (C=O) groups is 1. The molecule has 0 saturated heterocycles. The fraction of sp³-hybridized carbons (Fsp3) is 0.727. The van der Waals surface area contributed by atoms with Crippen LogP contribution in [0.2, 0.25) is 0 Å². The third-order valence-electron chi connectivity index (χ3n) is 1.96. The minimum absolute atomic E-state index is 0.00889. The van der Waals surface area contributed by atoms with E-state index >= 15 is 0 Å². The van der Waals surface area contributed by atoms with E-state index < -0.39 is 0 Å². The van der Waals surface area contributed by atoms with Gasteiger partial charge in [-0.1, -0.05) is 6.08 Å². The lowest BCUT2D eigenvalue weighted by Crippen LogP contribution is -2.33. The second-order valence-corrected chi connectivity index (χ2v) is 3.15. The zero-order valence-electron chi connectivity index (χ0n) is 9.45. The van der Waals surface area contributed by atoms with E-state index in [1.807, 2.05) is 6.92 Å². The number of hydrogen-bond acceptors (Lipinski definition) is 3. The van der Waals surface area contributed by atoms with Gasteiger partial charge in [-0.15, -0.1) is 6.58 Å². The van der Waals surface area contributed by atoms with Crippen molar-refractivity contribution in [2.75, 3.05) is 32.9 Å². The van der Waals surface area contributed by atoms with Crippen molar-refractivity contribution >= 4 is 5.91 Å². The summed E-state index contributed by atoms with van der Waals surface area (Å²) < 4.78 is 5.14. The van der Waals surface area contributed by atoms with E-state index in [9.17, 15) is 4.79 Å². The van der Waals surface area contributed by atoms with Crippen molar-refractivity contribution in [1.29, 1.82) is 0 Å². The first-order valence-corrected chi connectivity index (χ1v) is 5.33. The SMILES string of the molecule is C=CCN(CCO)C(=O)CCCOCC. The number of ether oxygens (including phenoxy) is 1. The molecular formula is C11H21NO3. The minimum Gasteiger partial charge on any atom is -0.395 e. The Labute approximate surface area is 91.5 Å². The molecule has 4 heteroatoms. The Morgan fingerprint density at radius 1 is 1.60 bits per heavy atom. The highest BCUT2D eigenvalue weighted by atomic mass is 16.5. The van der Waals surface area contributed by atoms with E-state index in [-0.39, 0.29) is 12.5 Å². The first-order chi connectivity index (χ1) is 7.26. The number of aliphatic hydroxyl groups excluding tert-OH is 1. The lowest BCUT2D eigenvalue weighted by atomic mass is 10.3. The molecule has 0 spiro atoms. The molecule has 0 heterocycles. The molecule has 88 valence electrons. The fourth-order valence-corrected chi connectivity index (χ4v) is 1.22. The molecule has 0 aromatic carbocycles. The Hall–Kier alpha value is -0.870. The zero-order chi connectivity index (χ0) is 11.5. The molecule has 0 radical (unpaired) electrons. The van der Waals surface area contributed by atoms with Crippen LogP contribution >= 0.6 is 0 Å². The topological polar surface area (TPSA) is 49.8 Å². The summed E-state index contributed by atoms with van der Waals surface area (Å²) >= 11 is 0. The van der Waals surface area contributed by atoms with Gasteiger partial charge in [0.25, 0.3) is 0 Å². The summed E-state index contributed by atoms with van der Waals surface area (Å²) in [5, 5.41) is 8.77. The van der Waals surface area contributed by atoms with Gasteiger partial charge < -0.3 is 14.7 Å². The summed E-state index contributed by atoms with van der Waals surface area (Å²) in [4.78, 5) is 13.2. The molecule has 1 amide bonds. The van der Waals surface area contributed by atoms with Crippen molar-refractivity contribution in [2.45, 2.75) is 19.8 Å². The van der Waals surface area contributed by atoms with Gasteiger partial charge in [0.05, 0.1) is 6.61 Å². The van der Waals surface area contributed by atoms with Crippen molar-refractivity contribution in [3.63, 3.8) is 0 Å². The quantitative estimate of drug-likeness (QED) is 0.457. The van der Waals surface area contributed by atoms with E-state index in [4.69, 9.17) is 9.84 Å². The molecule has 0 aromatic heterocycles. The third kappa shape index (κ3) is 7.11. The Bertz CT molecular complexity index is 183. The van der Waals surface area contributed by atoms with E-state index in [1.165, 1.54) is 0 Å². The molecule has 4 nitrogen and oxygen atoms in total. The molecule has 0 rings (SSSR count). The molecule has 15 heavy (non-hydrogen) atoms. The van der Waals surface area contributed by atoms with E-state index in [0.717, 1.165) is 6.42 Å². The second kappa shape index (κ2) is 9.68. The van der Waals surface area contributed by atoms with Crippen molar-refractivity contribution < 1.29 is 14.6 Å². The van der Waals surface area contributed by atoms with Crippen molar-refractivity contribution in [3.8, 4) is 0 Å². The van der Waals surface area contributed by atoms with Crippen LogP contribution in [0.1, 0.15) is 19.8 Å². The molecule has 0 bridgehead atoms. The number of hydrogen-bond donors (Lipinski definition) is 1. The lowest BCUT2D eigenvalue weighted by molar-refractivity contribution is -0.131. The van der Waals surface area contributed by atoms with Crippen LogP contribution in [-0.2, 0) is 9.53 Å². The largest absolute Gasteiger partial charge is 0.395 e. The first kappa shape index (κ1) is 14.1. The van der Waals surface area contributed by atoms with E-state index in [0.29, 0.717) is 32.7 Å². The van der Waals surface area contributed by atoms with E-state index in [2.05, 4.69) is 6.58 Å². The van der Waals surface area contributed by atoms with Gasteiger partial charge in [-0.3, -0.25) is 4.79 Å². The van der Waals surface area contributed by atoms with E-state index in [1.54, 1.807) is 11.0 Å². The van der Waals surface area contributed by atoms with Gasteiger partial charge in [0.1, 0.15) is 0 Å². The summed E-state index contributed by atoms with van der Waals surface area (Å²) in [6.45, 7) is 7.66. The number of amides is 1. The smallest absolute Gasteiger partial charge is 0.223 e. The molecular weight excluding hydrogens is 194 g/mol. The maximum absolute atomic E-state index is 11.6. The van der Waals surface area contributed by atoms with Crippen molar-refractivity contribution in [2.24, 2.45) is 0 Å². The fourth-order valence-electron chi connectivity index (χ4n) is 1.22. The van der Waals surface area contributed by atoms with Gasteiger partial charge >= 0.3 is 0 Å². The standard InChI is InChI=1S/C11H21NO3/c1-3-7-12(8-9-13)11(14)6-5-10-15-4-2/h3,13H,1,4-10H2,2H3. The summed E-state index contributed by atoms with van der Waals surface area (Å²) in [6.07, 6.45) is 2.86. The Morgan fingerprint density at radius 3 is 2.87 bits per heavy atom. The van der Waals surface area contributed by atoms with Crippen LogP contribution in [0.5, 0.6) is 0 Å². The van der Waals surface area contributed by atoms with Crippen LogP contribution < -0.4 is 0 Å². The first-order valence-electron chi connectivity index (χ1n) is 5.33. The molecule has 0 saturated carbocycles. The predicted molar refractivity (Wildman–Crippen MR) is 59.6 cm³/mol. The molecule has 0 aliphatic carbocycles. The van der Waals surface area contributed by atoms with Crippen molar-refractivity contribution in [1.82, 2.24) is 4.90 Å². The second-order valence-electron chi connectivity index (χ2n) is 3.15. The molecule has 0 aliphatic rings. The van der Waals surface area contributed by atoms with Crippen LogP contribution in [0.4, 0.5) is 0 Å². The average molecular weight is 215 g/mol. The average Bonchev–Trinajstić information content (AvgIpc) is 2.24. The van der Waals surface area contributed by atoms with Crippen LogP contribution in [0.25, 0.3) is 0 Å². The van der Waals surface area contributed by atoms with Gasteiger partial charge in [-0.25, -0.2) is 0 Å². The predicted octanol–water partition coefficient (Wildman–Crippen LogP) is 0.810.